The van der Waals surface area contributed by atoms with Gasteiger partial charge in [0.2, 0.25) is 5.91 Å². The summed E-state index contributed by atoms with van der Waals surface area (Å²) in [6.07, 6.45) is 5.30. The zero-order valence-corrected chi connectivity index (χ0v) is 13.3. The Kier molecular flexibility index (Phi) is 3.77. The first kappa shape index (κ1) is 15.1. The average molecular weight is 310 g/mol. The molecule has 23 heavy (non-hydrogen) atoms. The molecule has 7 nitrogen and oxygen atoms in total. The van der Waals surface area contributed by atoms with E-state index in [-0.39, 0.29) is 5.91 Å². The summed E-state index contributed by atoms with van der Waals surface area (Å²) >= 11 is 0. The molecule has 3 aromatic heterocycles. The molecule has 0 saturated carbocycles. The summed E-state index contributed by atoms with van der Waals surface area (Å²) in [5.74, 6) is 1.23. The number of carbonyl (C=O) groups is 1. The second kappa shape index (κ2) is 5.75. The lowest BCUT2D eigenvalue weighted by molar-refractivity contribution is -0.124. The molecule has 0 atom stereocenters. The fourth-order valence-corrected chi connectivity index (χ4v) is 2.35. The molecule has 0 saturated heterocycles. The molecule has 0 aliphatic carbocycles. The highest BCUT2D eigenvalue weighted by atomic mass is 16.2. The molecule has 0 aromatic carbocycles. The van der Waals surface area contributed by atoms with Gasteiger partial charge in [0.1, 0.15) is 23.5 Å². The molecule has 0 aliphatic heterocycles. The van der Waals surface area contributed by atoms with Crippen LogP contribution in [0, 0.1) is 5.41 Å². The van der Waals surface area contributed by atoms with Crippen LogP contribution >= 0.6 is 0 Å². The molecular weight excluding hydrogens is 292 g/mol. The number of nitrogens with one attached hydrogen (secondary N) is 1. The van der Waals surface area contributed by atoms with Crippen LogP contribution in [0.25, 0.3) is 11.2 Å². The second-order valence-electron chi connectivity index (χ2n) is 6.05. The predicted molar refractivity (Wildman–Crippen MR) is 86.7 cm³/mol. The van der Waals surface area contributed by atoms with Gasteiger partial charge in [-0.1, -0.05) is 19.9 Å². The molecular formula is C16H18N6O. The molecule has 1 N–H and O–H groups in total. The lowest BCUT2D eigenvalue weighted by atomic mass is 9.88. The minimum atomic E-state index is -0.639. The van der Waals surface area contributed by atoms with E-state index in [4.69, 9.17) is 0 Å². The first-order chi connectivity index (χ1) is 11.0. The number of pyridine rings is 1. The molecule has 0 fully saturated rings. The molecule has 0 unspecified atom stereocenters. The number of amides is 1. The van der Waals surface area contributed by atoms with Crippen molar-refractivity contribution in [3.63, 3.8) is 0 Å². The van der Waals surface area contributed by atoms with Crippen LogP contribution in [-0.2, 0) is 18.3 Å². The topological polar surface area (TPSA) is 85.6 Å². The van der Waals surface area contributed by atoms with Crippen LogP contribution in [0.3, 0.4) is 0 Å². The minimum absolute atomic E-state index is 0.102. The molecule has 0 spiro atoms. The van der Waals surface area contributed by atoms with Crippen LogP contribution in [0.1, 0.15) is 19.7 Å². The van der Waals surface area contributed by atoms with Crippen molar-refractivity contribution in [2.45, 2.75) is 20.3 Å². The van der Waals surface area contributed by atoms with Crippen LogP contribution in [0.5, 0.6) is 0 Å². The zero-order chi connectivity index (χ0) is 16.4. The lowest BCUT2D eigenvalue weighted by Gasteiger charge is -2.22. The van der Waals surface area contributed by atoms with E-state index in [0.717, 1.165) is 17.0 Å². The standard InChI is InChI=1S/C16H18N6O/c1-16(2,15(23)21-12-6-4-5-7-18-12)8-13-20-11-9-17-10-19-14(11)22(13)3/h4-7,9-10H,8H2,1-3H3,(H,18,21,23). The molecule has 0 radical (unpaired) electrons. The average Bonchev–Trinajstić information content (AvgIpc) is 2.84. The van der Waals surface area contributed by atoms with Gasteiger partial charge in [-0.05, 0) is 12.1 Å². The number of fused-ring (bicyclic) bond motifs is 1. The summed E-state index contributed by atoms with van der Waals surface area (Å²) in [5, 5.41) is 2.84. The zero-order valence-electron chi connectivity index (χ0n) is 13.3. The maximum absolute atomic E-state index is 12.5. The lowest BCUT2D eigenvalue weighted by Crippen LogP contribution is -2.33. The minimum Gasteiger partial charge on any atom is -0.316 e. The number of imidazole rings is 1. The molecule has 1 amide bonds. The summed E-state index contributed by atoms with van der Waals surface area (Å²) in [5.41, 5.74) is 0.849. The van der Waals surface area contributed by atoms with Crippen molar-refractivity contribution in [2.75, 3.05) is 5.32 Å². The quantitative estimate of drug-likeness (QED) is 0.796. The monoisotopic (exact) mass is 310 g/mol. The third-order valence-electron chi connectivity index (χ3n) is 3.75. The van der Waals surface area contributed by atoms with Gasteiger partial charge in [-0.25, -0.2) is 19.9 Å². The summed E-state index contributed by atoms with van der Waals surface area (Å²) < 4.78 is 1.90. The van der Waals surface area contributed by atoms with Crippen molar-refractivity contribution < 1.29 is 4.79 Å². The van der Waals surface area contributed by atoms with Crippen LogP contribution in [0.4, 0.5) is 5.82 Å². The van der Waals surface area contributed by atoms with Crippen LogP contribution in [0.15, 0.2) is 36.9 Å². The van der Waals surface area contributed by atoms with E-state index in [0.29, 0.717) is 12.2 Å². The molecule has 7 heteroatoms. The fourth-order valence-electron chi connectivity index (χ4n) is 2.35. The van der Waals surface area contributed by atoms with Crippen LogP contribution in [-0.4, -0.2) is 30.4 Å². The van der Waals surface area contributed by atoms with Crippen molar-refractivity contribution in [3.05, 3.63) is 42.7 Å². The highest BCUT2D eigenvalue weighted by molar-refractivity contribution is 5.94. The van der Waals surface area contributed by atoms with Gasteiger partial charge in [0.25, 0.3) is 0 Å². The molecule has 3 aromatic rings. The maximum Gasteiger partial charge on any atom is 0.231 e. The van der Waals surface area contributed by atoms with Crippen molar-refractivity contribution in [3.8, 4) is 0 Å². The highest BCUT2D eigenvalue weighted by Crippen LogP contribution is 2.24. The Morgan fingerprint density at radius 2 is 2.13 bits per heavy atom. The highest BCUT2D eigenvalue weighted by Gasteiger charge is 2.30. The van der Waals surface area contributed by atoms with Gasteiger partial charge < -0.3 is 9.88 Å². The Hall–Kier alpha value is -2.83. The third kappa shape index (κ3) is 3.03. The van der Waals surface area contributed by atoms with Gasteiger partial charge in [-0.15, -0.1) is 0 Å². The Morgan fingerprint density at radius 1 is 1.30 bits per heavy atom. The van der Waals surface area contributed by atoms with Crippen molar-refractivity contribution in [2.24, 2.45) is 12.5 Å². The smallest absolute Gasteiger partial charge is 0.231 e. The normalized spacial score (nSPS) is 11.6. The maximum atomic E-state index is 12.5. The molecule has 3 heterocycles. The molecule has 118 valence electrons. The largest absolute Gasteiger partial charge is 0.316 e. The number of nitrogens with zero attached hydrogens (tertiary/aromatic N) is 5. The summed E-state index contributed by atoms with van der Waals surface area (Å²) in [6.45, 7) is 3.77. The number of anilines is 1. The number of carbonyl (C=O) groups excluding carboxylic acids is 1. The number of aryl methyl sites for hydroxylation is 1. The van der Waals surface area contributed by atoms with Gasteiger partial charge in [0.05, 0.1) is 11.6 Å². The van der Waals surface area contributed by atoms with Crippen LogP contribution in [0.2, 0.25) is 0 Å². The number of hydrogen-bond acceptors (Lipinski definition) is 5. The van der Waals surface area contributed by atoms with E-state index in [1.807, 2.05) is 31.5 Å². The second-order valence-corrected chi connectivity index (χ2v) is 6.05. The number of aromatic nitrogens is 5. The van der Waals surface area contributed by atoms with E-state index in [9.17, 15) is 4.79 Å². The van der Waals surface area contributed by atoms with Gasteiger partial charge in [0.15, 0.2) is 5.65 Å². The van der Waals surface area contributed by atoms with E-state index < -0.39 is 5.41 Å². The Morgan fingerprint density at radius 3 is 2.83 bits per heavy atom. The Labute approximate surface area is 133 Å². The molecule has 0 bridgehead atoms. The summed E-state index contributed by atoms with van der Waals surface area (Å²) in [7, 11) is 1.89. The van der Waals surface area contributed by atoms with E-state index in [1.165, 1.54) is 6.33 Å². The molecule has 0 aliphatic rings. The van der Waals surface area contributed by atoms with Gasteiger partial charge >= 0.3 is 0 Å². The van der Waals surface area contributed by atoms with E-state index in [1.54, 1.807) is 24.5 Å². The predicted octanol–water partition coefficient (Wildman–Crippen LogP) is 1.97. The first-order valence-corrected chi connectivity index (χ1v) is 7.31. The Bertz CT molecular complexity index is 840. The number of hydrogen-bond donors (Lipinski definition) is 1. The van der Waals surface area contributed by atoms with Crippen LogP contribution < -0.4 is 5.32 Å². The van der Waals surface area contributed by atoms with E-state index >= 15 is 0 Å². The number of rotatable bonds is 4. The summed E-state index contributed by atoms with van der Waals surface area (Å²) in [4.78, 5) is 29.4. The summed E-state index contributed by atoms with van der Waals surface area (Å²) in [6, 6.07) is 5.40. The van der Waals surface area contributed by atoms with E-state index in [2.05, 4.69) is 25.3 Å². The fraction of sp³-hybridized carbons (Fsp3) is 0.312. The van der Waals surface area contributed by atoms with Crippen molar-refractivity contribution in [1.82, 2.24) is 24.5 Å². The van der Waals surface area contributed by atoms with Crippen molar-refractivity contribution >= 4 is 22.9 Å². The van der Waals surface area contributed by atoms with Crippen molar-refractivity contribution in [1.29, 1.82) is 0 Å². The molecule has 3 rings (SSSR count). The van der Waals surface area contributed by atoms with Gasteiger partial charge in [0, 0.05) is 19.7 Å². The Balaban J connectivity index is 1.81. The van der Waals surface area contributed by atoms with Gasteiger partial charge in [-0.2, -0.15) is 0 Å². The SMILES string of the molecule is Cn1c(CC(C)(C)C(=O)Nc2ccccn2)nc2cncnc21. The first-order valence-electron chi connectivity index (χ1n) is 7.31. The van der Waals surface area contributed by atoms with Gasteiger partial charge in [-0.3, -0.25) is 4.79 Å². The third-order valence-corrected chi connectivity index (χ3v) is 3.75.